The fourth-order valence-electron chi connectivity index (χ4n) is 1.91. The molecule has 0 aliphatic rings. The van der Waals surface area contributed by atoms with E-state index >= 15 is 0 Å². The molecule has 96 valence electrons. The summed E-state index contributed by atoms with van der Waals surface area (Å²) in [5.41, 5.74) is 1.98. The third-order valence-corrected chi connectivity index (χ3v) is 5.03. The second-order valence-corrected chi connectivity index (χ2v) is 6.58. The highest BCUT2D eigenvalue weighted by atomic mass is 32.2. The Kier molecular flexibility index (Phi) is 3.55. The maximum absolute atomic E-state index is 9.79. The van der Waals surface area contributed by atoms with Gasteiger partial charge in [0.1, 0.15) is 0 Å². The molecule has 0 fully saturated rings. The Morgan fingerprint density at radius 1 is 1.11 bits per heavy atom. The van der Waals surface area contributed by atoms with Crippen LogP contribution in [-0.2, 0) is 0 Å². The van der Waals surface area contributed by atoms with Crippen LogP contribution in [0, 0.1) is 0 Å². The van der Waals surface area contributed by atoms with E-state index in [0.29, 0.717) is 0 Å². The first-order valence-electron chi connectivity index (χ1n) is 6.04. The van der Waals surface area contributed by atoms with E-state index in [1.807, 2.05) is 42.5 Å². The Morgan fingerprint density at radius 3 is 2.63 bits per heavy atom. The molecule has 0 bridgehead atoms. The molecule has 1 aromatic heterocycles. The maximum atomic E-state index is 9.79. The second kappa shape index (κ2) is 5.33. The monoisotopic (exact) mass is 287 g/mol. The summed E-state index contributed by atoms with van der Waals surface area (Å²) < 4.78 is 2.20. The van der Waals surface area contributed by atoms with Crippen LogP contribution in [0.1, 0.15) is 18.6 Å². The van der Waals surface area contributed by atoms with Gasteiger partial charge in [-0.1, -0.05) is 42.1 Å². The minimum Gasteiger partial charge on any atom is -0.389 e. The largest absolute Gasteiger partial charge is 0.389 e. The molecule has 3 aromatic rings. The van der Waals surface area contributed by atoms with Crippen molar-refractivity contribution < 1.29 is 5.11 Å². The van der Waals surface area contributed by atoms with Gasteiger partial charge in [-0.2, -0.15) is 0 Å². The van der Waals surface area contributed by atoms with E-state index in [9.17, 15) is 5.11 Å². The van der Waals surface area contributed by atoms with Gasteiger partial charge in [0, 0.05) is 4.90 Å². The molecule has 0 spiro atoms. The molecule has 0 radical (unpaired) electrons. The second-order valence-electron chi connectivity index (χ2n) is 4.26. The fraction of sp³-hybridized carbons (Fsp3) is 0.133. The molecule has 2 aromatic carbocycles. The topological polar surface area (TPSA) is 33.1 Å². The van der Waals surface area contributed by atoms with Crippen molar-refractivity contribution in [3.05, 3.63) is 54.1 Å². The zero-order chi connectivity index (χ0) is 13.2. The molecular formula is C15H13NOS2. The third kappa shape index (κ3) is 2.66. The van der Waals surface area contributed by atoms with Crippen LogP contribution in [0.4, 0.5) is 0 Å². The van der Waals surface area contributed by atoms with Crippen LogP contribution in [0.5, 0.6) is 0 Å². The smallest absolute Gasteiger partial charge is 0.155 e. The Hall–Kier alpha value is -1.36. The van der Waals surface area contributed by atoms with Gasteiger partial charge in [0.15, 0.2) is 4.34 Å². The summed E-state index contributed by atoms with van der Waals surface area (Å²) in [5.74, 6) is 0. The molecule has 0 amide bonds. The lowest BCUT2D eigenvalue weighted by Crippen LogP contribution is -1.92. The zero-order valence-corrected chi connectivity index (χ0v) is 12.0. The number of hydrogen-bond acceptors (Lipinski definition) is 4. The lowest BCUT2D eigenvalue weighted by atomic mass is 10.1. The molecule has 4 heteroatoms. The van der Waals surface area contributed by atoms with E-state index in [1.54, 1.807) is 30.0 Å². The van der Waals surface area contributed by atoms with Gasteiger partial charge in [0.25, 0.3) is 0 Å². The molecule has 2 nitrogen and oxygen atoms in total. The number of rotatable bonds is 3. The summed E-state index contributed by atoms with van der Waals surface area (Å²) >= 11 is 3.30. The van der Waals surface area contributed by atoms with Crippen molar-refractivity contribution in [3.63, 3.8) is 0 Å². The molecule has 0 unspecified atom stereocenters. The SMILES string of the molecule is C[C@@H](O)c1ccccc1Sc1nc2ccccc2s1. The zero-order valence-electron chi connectivity index (χ0n) is 10.4. The van der Waals surface area contributed by atoms with Crippen LogP contribution in [-0.4, -0.2) is 10.1 Å². The Balaban J connectivity index is 1.97. The predicted octanol–water partition coefficient (Wildman–Crippen LogP) is 4.50. The van der Waals surface area contributed by atoms with Crippen LogP contribution in [0.25, 0.3) is 10.2 Å². The van der Waals surface area contributed by atoms with Crippen LogP contribution >= 0.6 is 23.1 Å². The molecule has 0 saturated heterocycles. The molecule has 0 saturated carbocycles. The quantitative estimate of drug-likeness (QED) is 0.770. The lowest BCUT2D eigenvalue weighted by Gasteiger charge is -2.09. The molecule has 0 aliphatic heterocycles. The van der Waals surface area contributed by atoms with Crippen LogP contribution in [0.2, 0.25) is 0 Å². The summed E-state index contributed by atoms with van der Waals surface area (Å²) in [6, 6.07) is 16.1. The molecule has 19 heavy (non-hydrogen) atoms. The molecule has 1 heterocycles. The number of aliphatic hydroxyl groups excluding tert-OH is 1. The standard InChI is InChI=1S/C15H13NOS2/c1-10(17)11-6-2-4-8-13(11)18-15-16-12-7-3-5-9-14(12)19-15/h2-10,17H,1H3/t10-/m1/s1. The normalized spacial score (nSPS) is 12.7. The van der Waals surface area contributed by atoms with E-state index in [0.717, 1.165) is 20.3 Å². The summed E-state index contributed by atoms with van der Waals surface area (Å²) in [5, 5.41) is 9.79. The molecule has 3 rings (SSSR count). The first-order chi connectivity index (χ1) is 9.24. The van der Waals surface area contributed by atoms with E-state index in [1.165, 1.54) is 4.70 Å². The Morgan fingerprint density at radius 2 is 1.84 bits per heavy atom. The van der Waals surface area contributed by atoms with Crippen molar-refractivity contribution in [2.45, 2.75) is 22.3 Å². The Bertz CT molecular complexity index is 673. The number of aromatic nitrogens is 1. The van der Waals surface area contributed by atoms with Gasteiger partial charge in [-0.05, 0) is 30.7 Å². The van der Waals surface area contributed by atoms with Crippen LogP contribution in [0.15, 0.2) is 57.8 Å². The molecule has 1 N–H and O–H groups in total. The summed E-state index contributed by atoms with van der Waals surface area (Å²) in [7, 11) is 0. The van der Waals surface area contributed by atoms with Crippen LogP contribution < -0.4 is 0 Å². The molecule has 0 aliphatic carbocycles. The van der Waals surface area contributed by atoms with Gasteiger partial charge in [0.05, 0.1) is 16.3 Å². The maximum Gasteiger partial charge on any atom is 0.155 e. The summed E-state index contributed by atoms with van der Waals surface area (Å²) in [6.45, 7) is 1.79. The highest BCUT2D eigenvalue weighted by Gasteiger charge is 2.11. The first-order valence-corrected chi connectivity index (χ1v) is 7.68. The van der Waals surface area contributed by atoms with Crippen molar-refractivity contribution >= 4 is 33.3 Å². The highest BCUT2D eigenvalue weighted by Crippen LogP contribution is 2.37. The average molecular weight is 287 g/mol. The van der Waals surface area contributed by atoms with Crippen molar-refractivity contribution in [1.29, 1.82) is 0 Å². The third-order valence-electron chi connectivity index (χ3n) is 2.84. The van der Waals surface area contributed by atoms with E-state index in [4.69, 9.17) is 0 Å². The number of thiazole rings is 1. The van der Waals surface area contributed by atoms with Crippen molar-refractivity contribution in [2.24, 2.45) is 0 Å². The number of para-hydroxylation sites is 1. The number of fused-ring (bicyclic) bond motifs is 1. The van der Waals surface area contributed by atoms with Gasteiger partial charge >= 0.3 is 0 Å². The highest BCUT2D eigenvalue weighted by molar-refractivity contribution is 8.01. The minimum absolute atomic E-state index is 0.460. The van der Waals surface area contributed by atoms with Gasteiger partial charge in [0.2, 0.25) is 0 Å². The number of aliphatic hydroxyl groups is 1. The van der Waals surface area contributed by atoms with Gasteiger partial charge in [-0.15, -0.1) is 11.3 Å². The van der Waals surface area contributed by atoms with Gasteiger partial charge < -0.3 is 5.11 Å². The van der Waals surface area contributed by atoms with Crippen LogP contribution in [0.3, 0.4) is 0 Å². The number of hydrogen-bond donors (Lipinski definition) is 1. The number of nitrogens with zero attached hydrogens (tertiary/aromatic N) is 1. The fourth-order valence-corrected chi connectivity index (χ4v) is 4.14. The first kappa shape index (κ1) is 12.7. The van der Waals surface area contributed by atoms with Gasteiger partial charge in [-0.3, -0.25) is 0 Å². The van der Waals surface area contributed by atoms with Crippen molar-refractivity contribution in [1.82, 2.24) is 4.98 Å². The lowest BCUT2D eigenvalue weighted by molar-refractivity contribution is 0.196. The number of benzene rings is 2. The molecule has 1 atom stereocenters. The van der Waals surface area contributed by atoms with E-state index < -0.39 is 6.10 Å². The minimum atomic E-state index is -0.460. The van der Waals surface area contributed by atoms with Crippen molar-refractivity contribution in [2.75, 3.05) is 0 Å². The average Bonchev–Trinajstić information content (AvgIpc) is 2.81. The van der Waals surface area contributed by atoms with Crippen molar-refractivity contribution in [3.8, 4) is 0 Å². The predicted molar refractivity (Wildman–Crippen MR) is 80.8 cm³/mol. The Labute approximate surface area is 120 Å². The summed E-state index contributed by atoms with van der Waals surface area (Å²) in [4.78, 5) is 5.67. The van der Waals surface area contributed by atoms with E-state index in [2.05, 4.69) is 11.1 Å². The summed E-state index contributed by atoms with van der Waals surface area (Å²) in [6.07, 6.45) is -0.460. The van der Waals surface area contributed by atoms with Gasteiger partial charge in [-0.25, -0.2) is 4.98 Å². The van der Waals surface area contributed by atoms with E-state index in [-0.39, 0.29) is 0 Å². The molecular weight excluding hydrogens is 274 g/mol.